The number of anilines is 1. The van der Waals surface area contributed by atoms with Gasteiger partial charge >= 0.3 is 6.01 Å². The molecule has 2 aromatic rings. The average Bonchev–Trinajstić information content (AvgIpc) is 3.00. The van der Waals surface area contributed by atoms with Crippen molar-refractivity contribution in [3.8, 4) is 6.01 Å². The summed E-state index contributed by atoms with van der Waals surface area (Å²) in [6, 6.07) is 0.322. The van der Waals surface area contributed by atoms with Crippen LogP contribution in [0.5, 0.6) is 6.01 Å². The van der Waals surface area contributed by atoms with Gasteiger partial charge in [-0.05, 0) is 58.8 Å². The maximum absolute atomic E-state index is 6.07. The number of fused-ring (bicyclic) bond motifs is 1. The molecule has 0 bridgehead atoms. The number of nitrogens with two attached hydrogens (primary N) is 1. The Morgan fingerprint density at radius 1 is 1.38 bits per heavy atom. The molecule has 0 spiro atoms. The van der Waals surface area contributed by atoms with Gasteiger partial charge in [-0.15, -0.1) is 5.10 Å². The van der Waals surface area contributed by atoms with E-state index in [1.54, 1.807) is 4.52 Å². The molecule has 1 atom stereocenters. The lowest BCUT2D eigenvalue weighted by atomic mass is 9.97. The van der Waals surface area contributed by atoms with Crippen LogP contribution in [0, 0.1) is 5.92 Å². The van der Waals surface area contributed by atoms with E-state index >= 15 is 0 Å². The van der Waals surface area contributed by atoms with Crippen molar-refractivity contribution < 1.29 is 4.74 Å². The summed E-state index contributed by atoms with van der Waals surface area (Å²) in [5.74, 6) is 1.13. The molecule has 0 amide bonds. The summed E-state index contributed by atoms with van der Waals surface area (Å²) in [7, 11) is 2.02. The van der Waals surface area contributed by atoms with E-state index in [2.05, 4.69) is 32.2 Å². The Balaban J connectivity index is 1.72. The van der Waals surface area contributed by atoms with Crippen LogP contribution < -0.4 is 15.8 Å². The maximum atomic E-state index is 6.07. The highest BCUT2D eigenvalue weighted by Gasteiger charge is 2.21. The Bertz CT molecular complexity index is 709. The Morgan fingerprint density at radius 3 is 2.85 bits per heavy atom. The monoisotopic (exact) mass is 361 g/mol. The first-order chi connectivity index (χ1) is 12.6. The van der Waals surface area contributed by atoms with E-state index in [1.165, 1.54) is 12.8 Å². The topological polar surface area (TPSA) is 93.6 Å². The van der Waals surface area contributed by atoms with Crippen LogP contribution in [-0.4, -0.2) is 57.3 Å². The van der Waals surface area contributed by atoms with Crippen LogP contribution in [0.4, 0.5) is 5.82 Å². The van der Waals surface area contributed by atoms with Gasteiger partial charge in [0.15, 0.2) is 11.5 Å². The number of aromatic nitrogens is 4. The van der Waals surface area contributed by atoms with Crippen LogP contribution in [0.3, 0.4) is 0 Å². The minimum Gasteiger partial charge on any atom is -0.459 e. The Labute approximate surface area is 155 Å². The molecule has 1 unspecified atom stereocenters. The van der Waals surface area contributed by atoms with Gasteiger partial charge in [-0.2, -0.15) is 4.98 Å². The Morgan fingerprint density at radius 2 is 2.15 bits per heavy atom. The molecule has 8 nitrogen and oxygen atoms in total. The number of rotatable bonds is 8. The fourth-order valence-corrected chi connectivity index (χ4v) is 3.60. The molecule has 1 aliphatic rings. The van der Waals surface area contributed by atoms with Gasteiger partial charge in [0.1, 0.15) is 0 Å². The number of hydrogen-bond donors (Lipinski definition) is 2. The number of ether oxygens (including phenoxy) is 1. The zero-order chi connectivity index (χ0) is 18.5. The molecule has 26 heavy (non-hydrogen) atoms. The number of imidazole rings is 1. The summed E-state index contributed by atoms with van der Waals surface area (Å²) in [5, 5.41) is 7.81. The molecule has 0 radical (unpaired) electrons. The minimum absolute atomic E-state index is 0.0648. The summed E-state index contributed by atoms with van der Waals surface area (Å²) >= 11 is 0. The van der Waals surface area contributed by atoms with E-state index in [9.17, 15) is 0 Å². The van der Waals surface area contributed by atoms with Crippen LogP contribution >= 0.6 is 0 Å². The maximum Gasteiger partial charge on any atom is 0.336 e. The van der Waals surface area contributed by atoms with Crippen LogP contribution in [0.2, 0.25) is 0 Å². The third kappa shape index (κ3) is 4.42. The smallest absolute Gasteiger partial charge is 0.336 e. The molecule has 3 N–H and O–H groups in total. The second-order valence-corrected chi connectivity index (χ2v) is 7.26. The zero-order valence-corrected chi connectivity index (χ0v) is 16.1. The lowest BCUT2D eigenvalue weighted by Crippen LogP contribution is -2.36. The molecule has 1 saturated heterocycles. The van der Waals surface area contributed by atoms with Crippen molar-refractivity contribution >= 4 is 11.5 Å². The van der Waals surface area contributed by atoms with Crippen LogP contribution in [0.1, 0.15) is 45.2 Å². The molecule has 0 aromatic carbocycles. The first-order valence-corrected chi connectivity index (χ1v) is 9.64. The van der Waals surface area contributed by atoms with Crippen molar-refractivity contribution in [1.82, 2.24) is 29.8 Å². The van der Waals surface area contributed by atoms with E-state index in [4.69, 9.17) is 10.5 Å². The highest BCUT2D eigenvalue weighted by molar-refractivity contribution is 5.59. The van der Waals surface area contributed by atoms with Crippen molar-refractivity contribution in [2.75, 3.05) is 32.4 Å². The van der Waals surface area contributed by atoms with Crippen molar-refractivity contribution in [2.45, 2.75) is 52.2 Å². The van der Waals surface area contributed by atoms with Gasteiger partial charge < -0.3 is 15.8 Å². The van der Waals surface area contributed by atoms with Gasteiger partial charge in [0.05, 0.1) is 18.0 Å². The molecule has 3 heterocycles. The number of likely N-dealkylation sites (tertiary alicyclic amines) is 1. The second kappa shape index (κ2) is 8.64. The third-order valence-electron chi connectivity index (χ3n) is 5.03. The van der Waals surface area contributed by atoms with E-state index in [0.717, 1.165) is 50.6 Å². The van der Waals surface area contributed by atoms with Gasteiger partial charge in [-0.25, -0.2) is 9.50 Å². The highest BCUT2D eigenvalue weighted by Crippen LogP contribution is 2.20. The Kier molecular flexibility index (Phi) is 6.26. The molecular weight excluding hydrogens is 330 g/mol. The third-order valence-corrected chi connectivity index (χ3v) is 5.03. The predicted molar refractivity (Wildman–Crippen MR) is 102 cm³/mol. The number of hydrogen-bond acceptors (Lipinski definition) is 7. The molecule has 144 valence electrons. The van der Waals surface area contributed by atoms with Crippen LogP contribution in [-0.2, 0) is 6.54 Å². The van der Waals surface area contributed by atoms with Gasteiger partial charge in [0, 0.05) is 6.54 Å². The SMILES string of the molecule is CCCC(C)Oc1nc(N)c2ncc(CN3CCC(CNC)CC3)n2n1. The number of nitrogens with one attached hydrogen (secondary N) is 1. The van der Waals surface area contributed by atoms with E-state index in [1.807, 2.05) is 20.2 Å². The van der Waals surface area contributed by atoms with E-state index < -0.39 is 0 Å². The van der Waals surface area contributed by atoms with Gasteiger partial charge in [0.25, 0.3) is 0 Å². The zero-order valence-electron chi connectivity index (χ0n) is 16.1. The normalized spacial score (nSPS) is 17.7. The molecular formula is C18H31N7O. The number of nitrogen functional groups attached to an aromatic ring is 1. The first-order valence-electron chi connectivity index (χ1n) is 9.64. The van der Waals surface area contributed by atoms with Gasteiger partial charge in [0.2, 0.25) is 0 Å². The second-order valence-electron chi connectivity index (χ2n) is 7.26. The summed E-state index contributed by atoms with van der Waals surface area (Å²) in [4.78, 5) is 11.1. The lowest BCUT2D eigenvalue weighted by molar-refractivity contribution is 0.172. The standard InChI is InChI=1S/C18H31N7O/c1-4-5-13(2)26-18-22-16(19)17-21-11-15(25(17)23-18)12-24-8-6-14(7-9-24)10-20-3/h11,13-14,20H,4-10,12H2,1-3H3,(H2,19,22,23). The summed E-state index contributed by atoms with van der Waals surface area (Å²) < 4.78 is 7.62. The fourth-order valence-electron chi connectivity index (χ4n) is 3.60. The van der Waals surface area contributed by atoms with Crippen LogP contribution in [0.15, 0.2) is 6.20 Å². The molecule has 0 aliphatic carbocycles. The quantitative estimate of drug-likeness (QED) is 0.739. The van der Waals surface area contributed by atoms with Crippen molar-refractivity contribution in [3.63, 3.8) is 0 Å². The van der Waals surface area contributed by atoms with E-state index in [0.29, 0.717) is 17.5 Å². The summed E-state index contributed by atoms with van der Waals surface area (Å²) in [5.41, 5.74) is 7.69. The Hall–Kier alpha value is -1.93. The average molecular weight is 361 g/mol. The highest BCUT2D eigenvalue weighted by atomic mass is 16.5. The van der Waals surface area contributed by atoms with Crippen LogP contribution in [0.25, 0.3) is 5.65 Å². The molecule has 3 rings (SSSR count). The van der Waals surface area contributed by atoms with Crippen molar-refractivity contribution in [2.24, 2.45) is 5.92 Å². The lowest BCUT2D eigenvalue weighted by Gasteiger charge is -2.31. The molecule has 8 heteroatoms. The summed E-state index contributed by atoms with van der Waals surface area (Å²) in [6.45, 7) is 8.26. The van der Waals surface area contributed by atoms with Crippen molar-refractivity contribution in [3.05, 3.63) is 11.9 Å². The molecule has 1 fully saturated rings. The number of nitrogens with zero attached hydrogens (tertiary/aromatic N) is 5. The first kappa shape index (κ1) is 18.8. The number of piperidine rings is 1. The van der Waals surface area contributed by atoms with E-state index in [-0.39, 0.29) is 6.10 Å². The predicted octanol–water partition coefficient (Wildman–Crippen LogP) is 1.71. The molecule has 0 saturated carbocycles. The fraction of sp³-hybridized carbons (Fsp3) is 0.722. The van der Waals surface area contributed by atoms with Crippen molar-refractivity contribution in [1.29, 1.82) is 0 Å². The largest absolute Gasteiger partial charge is 0.459 e. The summed E-state index contributed by atoms with van der Waals surface area (Å²) in [6.07, 6.45) is 6.36. The molecule has 2 aromatic heterocycles. The van der Waals surface area contributed by atoms with Gasteiger partial charge in [-0.1, -0.05) is 13.3 Å². The van der Waals surface area contributed by atoms with Gasteiger partial charge in [-0.3, -0.25) is 4.90 Å². The minimum atomic E-state index is 0.0648. The molecule has 1 aliphatic heterocycles.